The molecule has 4 aromatic rings. The van der Waals surface area contributed by atoms with E-state index in [2.05, 4.69) is 41.8 Å². The van der Waals surface area contributed by atoms with Crippen LogP contribution >= 0.6 is 31.9 Å². The maximum atomic E-state index is 12.7. The summed E-state index contributed by atoms with van der Waals surface area (Å²) in [5.41, 5.74) is 2.03. The van der Waals surface area contributed by atoms with Gasteiger partial charge in [0.2, 0.25) is 0 Å². The zero-order chi connectivity index (χ0) is 25.4. The van der Waals surface area contributed by atoms with Crippen molar-refractivity contribution in [3.8, 4) is 5.75 Å². The lowest BCUT2D eigenvalue weighted by molar-refractivity contribution is -0.0441. The Hall–Kier alpha value is -2.77. The summed E-state index contributed by atoms with van der Waals surface area (Å²) in [6, 6.07) is 13.7. The van der Waals surface area contributed by atoms with Crippen molar-refractivity contribution in [1.82, 2.24) is 19.1 Å². The molecule has 1 aliphatic heterocycles. The summed E-state index contributed by atoms with van der Waals surface area (Å²) in [6.07, 6.45) is -0.810. The van der Waals surface area contributed by atoms with Crippen LogP contribution in [0.1, 0.15) is 23.8 Å². The number of aromatic amines is 1. The van der Waals surface area contributed by atoms with E-state index < -0.39 is 24.1 Å². The molecule has 12 heteroatoms. The average molecular weight is 621 g/mol. The molecule has 0 radical (unpaired) electrons. The second-order valence-corrected chi connectivity index (χ2v) is 10.2. The zero-order valence-electron chi connectivity index (χ0n) is 18.9. The molecule has 0 unspecified atom stereocenters. The van der Waals surface area contributed by atoms with Crippen LogP contribution in [-0.4, -0.2) is 48.1 Å². The lowest BCUT2D eigenvalue weighted by atomic mass is 10.2. The van der Waals surface area contributed by atoms with Crippen LogP contribution in [0.2, 0.25) is 0 Å². The predicted octanol–water partition coefficient (Wildman–Crippen LogP) is 2.80. The molecule has 1 saturated heterocycles. The van der Waals surface area contributed by atoms with E-state index in [1.54, 1.807) is 4.57 Å². The number of aromatic nitrogens is 4. The van der Waals surface area contributed by atoms with Gasteiger partial charge in [-0.05, 0) is 55.1 Å². The van der Waals surface area contributed by atoms with Gasteiger partial charge in [-0.25, -0.2) is 14.3 Å². The van der Waals surface area contributed by atoms with E-state index in [4.69, 9.17) is 14.9 Å². The minimum atomic E-state index is -0.891. The molecule has 1 aliphatic rings. The van der Waals surface area contributed by atoms with Crippen molar-refractivity contribution >= 4 is 43.0 Å². The summed E-state index contributed by atoms with van der Waals surface area (Å²) in [5.74, 6) is 0.675. The molecule has 36 heavy (non-hydrogen) atoms. The smallest absolute Gasteiger partial charge is 0.329 e. The molecule has 0 bridgehead atoms. The van der Waals surface area contributed by atoms with Gasteiger partial charge in [0.15, 0.2) is 11.1 Å². The van der Waals surface area contributed by atoms with Gasteiger partial charge in [0, 0.05) is 6.42 Å². The van der Waals surface area contributed by atoms with E-state index in [0.717, 1.165) is 20.1 Å². The van der Waals surface area contributed by atoms with Crippen LogP contribution in [0.5, 0.6) is 5.75 Å². The third-order valence-electron chi connectivity index (χ3n) is 6.06. The third-order valence-corrected chi connectivity index (χ3v) is 7.23. The Bertz CT molecular complexity index is 1490. The highest BCUT2D eigenvalue weighted by Gasteiger charge is 2.36. The summed E-state index contributed by atoms with van der Waals surface area (Å²) in [6.45, 7) is 0.401. The van der Waals surface area contributed by atoms with Crippen molar-refractivity contribution < 1.29 is 19.7 Å². The summed E-state index contributed by atoms with van der Waals surface area (Å²) in [5, 5.41) is 28.1. The zero-order valence-corrected chi connectivity index (χ0v) is 22.1. The number of nitrogens with one attached hydrogen (secondary N) is 2. The van der Waals surface area contributed by atoms with Gasteiger partial charge in [0.25, 0.3) is 0 Å². The van der Waals surface area contributed by atoms with Crippen LogP contribution in [-0.2, 0) is 17.9 Å². The van der Waals surface area contributed by atoms with E-state index in [-0.39, 0.29) is 29.7 Å². The number of benzene rings is 2. The summed E-state index contributed by atoms with van der Waals surface area (Å²) >= 11 is 7.16. The number of ether oxygens (including phenoxy) is 2. The van der Waals surface area contributed by atoms with Gasteiger partial charge >= 0.3 is 5.69 Å². The topological polar surface area (TPSA) is 138 Å². The molecule has 3 heterocycles. The number of hydrogen-bond donors (Lipinski definition) is 4. The second kappa shape index (κ2) is 10.3. The molecule has 0 amide bonds. The van der Waals surface area contributed by atoms with E-state index in [0.29, 0.717) is 18.9 Å². The highest BCUT2D eigenvalue weighted by atomic mass is 79.9. The summed E-state index contributed by atoms with van der Waals surface area (Å²) in [4.78, 5) is 19.8. The van der Waals surface area contributed by atoms with Crippen LogP contribution in [0.25, 0.3) is 11.2 Å². The highest BCUT2D eigenvalue weighted by molar-refractivity contribution is 9.11. The molecular weight excluding hydrogens is 598 g/mol. The largest absolute Gasteiger partial charge is 0.487 e. The minimum absolute atomic E-state index is 0.0738. The monoisotopic (exact) mass is 619 g/mol. The molecule has 2 aromatic heterocycles. The number of aliphatic hydroxyl groups is 2. The molecule has 4 N–H and O–H groups in total. The molecule has 2 aromatic carbocycles. The molecule has 1 fully saturated rings. The van der Waals surface area contributed by atoms with E-state index >= 15 is 0 Å². The van der Waals surface area contributed by atoms with Crippen molar-refractivity contribution in [2.24, 2.45) is 0 Å². The fourth-order valence-corrected chi connectivity index (χ4v) is 5.76. The van der Waals surface area contributed by atoms with Gasteiger partial charge in [0.05, 0.1) is 34.5 Å². The SMILES string of the molecule is N=c1c2[nH]c(=O)n([C@H]3C[C@H](O)[C@@H](CO)O3)c2ncn1Cc1cc(Br)c(OCc2ccccc2)c(Br)c1. The molecular formula is C24H23Br2N5O5. The lowest BCUT2D eigenvalue weighted by Gasteiger charge is -2.14. The fraction of sp³-hybridized carbons (Fsp3) is 0.292. The standard InChI is InChI=1S/C24H23Br2N5O5/c25-15-6-14(7-16(26)21(15)35-11-13-4-2-1-3-5-13)9-30-12-28-23-20(22(30)27)29-24(34)31(23)19-8-17(33)18(10-32)36-19/h1-7,12,17-19,27,32-33H,8-11H2,(H,29,34)/t17-,18+,19+/m0/s1. The number of halogens is 2. The maximum Gasteiger partial charge on any atom is 0.329 e. The quantitative estimate of drug-likeness (QED) is 0.251. The number of rotatable bonds is 7. The van der Waals surface area contributed by atoms with E-state index in [9.17, 15) is 15.0 Å². The molecule has 5 rings (SSSR count). The minimum Gasteiger partial charge on any atom is -0.487 e. The summed E-state index contributed by atoms with van der Waals surface area (Å²) in [7, 11) is 0. The first-order valence-corrected chi connectivity index (χ1v) is 12.8. The van der Waals surface area contributed by atoms with Gasteiger partial charge in [-0.3, -0.25) is 5.41 Å². The number of aliphatic hydroxyl groups excluding tert-OH is 2. The molecule has 10 nitrogen and oxygen atoms in total. The molecule has 188 valence electrons. The van der Waals surface area contributed by atoms with Gasteiger partial charge < -0.3 is 29.2 Å². The Morgan fingerprint density at radius 2 is 1.92 bits per heavy atom. The Morgan fingerprint density at radius 3 is 2.58 bits per heavy atom. The maximum absolute atomic E-state index is 12.7. The van der Waals surface area contributed by atoms with Crippen LogP contribution < -0.4 is 15.9 Å². The molecule has 0 spiro atoms. The van der Waals surface area contributed by atoms with Crippen molar-refractivity contribution in [3.05, 3.63) is 84.8 Å². The lowest BCUT2D eigenvalue weighted by Crippen LogP contribution is -2.25. The Kier molecular flexibility index (Phi) is 7.13. The summed E-state index contributed by atoms with van der Waals surface area (Å²) < 4.78 is 16.0. The van der Waals surface area contributed by atoms with E-state index in [1.165, 1.54) is 10.9 Å². The fourth-order valence-electron chi connectivity index (χ4n) is 4.25. The molecule has 0 aliphatic carbocycles. The van der Waals surface area contributed by atoms with Crippen molar-refractivity contribution in [2.45, 2.75) is 38.0 Å². The van der Waals surface area contributed by atoms with Crippen LogP contribution in [0.15, 0.2) is 62.5 Å². The Morgan fingerprint density at radius 1 is 1.19 bits per heavy atom. The Labute approximate surface area is 221 Å². The average Bonchev–Trinajstić information content (AvgIpc) is 3.39. The number of H-pyrrole nitrogens is 1. The first-order chi connectivity index (χ1) is 17.4. The highest BCUT2D eigenvalue weighted by Crippen LogP contribution is 2.35. The molecule has 3 atom stereocenters. The first-order valence-electron chi connectivity index (χ1n) is 11.2. The number of imidazole rings is 1. The normalized spacial score (nSPS) is 19.7. The van der Waals surface area contributed by atoms with Crippen LogP contribution in [0.4, 0.5) is 0 Å². The van der Waals surface area contributed by atoms with Crippen molar-refractivity contribution in [1.29, 1.82) is 5.41 Å². The van der Waals surface area contributed by atoms with Crippen molar-refractivity contribution in [3.63, 3.8) is 0 Å². The van der Waals surface area contributed by atoms with Crippen molar-refractivity contribution in [2.75, 3.05) is 6.61 Å². The Balaban J connectivity index is 1.39. The number of hydrogen-bond acceptors (Lipinski definition) is 7. The van der Waals surface area contributed by atoms with Gasteiger partial charge in [-0.15, -0.1) is 0 Å². The predicted molar refractivity (Wildman–Crippen MR) is 138 cm³/mol. The van der Waals surface area contributed by atoms with E-state index in [1.807, 2.05) is 42.5 Å². The van der Waals surface area contributed by atoms with Gasteiger partial charge in [-0.1, -0.05) is 30.3 Å². The number of fused-ring (bicyclic) bond motifs is 1. The van der Waals surface area contributed by atoms with Gasteiger partial charge in [-0.2, -0.15) is 0 Å². The van der Waals surface area contributed by atoms with Crippen LogP contribution in [0.3, 0.4) is 0 Å². The molecule has 0 saturated carbocycles. The first kappa shape index (κ1) is 24.9. The third kappa shape index (κ3) is 4.78. The second-order valence-electron chi connectivity index (χ2n) is 8.50. The van der Waals surface area contributed by atoms with Gasteiger partial charge in [0.1, 0.15) is 30.2 Å². The number of nitrogens with zero attached hydrogens (tertiary/aromatic N) is 3. The van der Waals surface area contributed by atoms with Crippen LogP contribution in [0, 0.1) is 5.41 Å².